The molecule has 1 radical (unpaired) electrons. The highest BCUT2D eigenvalue weighted by Gasteiger charge is 2.29. The van der Waals surface area contributed by atoms with Crippen LogP contribution >= 0.6 is 0 Å². The third kappa shape index (κ3) is 4.15. The molecule has 1 fully saturated rings. The average Bonchev–Trinajstić information content (AvgIpc) is 3.57. The Morgan fingerprint density at radius 1 is 0.868 bits per heavy atom. The van der Waals surface area contributed by atoms with E-state index in [2.05, 4.69) is 98.7 Å². The van der Waals surface area contributed by atoms with Gasteiger partial charge in [-0.15, -0.1) is 0 Å². The second kappa shape index (κ2) is 9.50. The number of nitrogen functional groups attached to an aromatic ring is 1. The van der Waals surface area contributed by atoms with Gasteiger partial charge in [-0.25, -0.2) is 4.98 Å². The Hall–Kier alpha value is -4.36. The predicted molar refractivity (Wildman–Crippen MR) is 154 cm³/mol. The highest BCUT2D eigenvalue weighted by molar-refractivity contribution is 5.94. The Bertz CT molecular complexity index is 1570. The summed E-state index contributed by atoms with van der Waals surface area (Å²) in [5, 5.41) is 11.4. The van der Waals surface area contributed by atoms with Crippen molar-refractivity contribution in [1.82, 2.24) is 20.1 Å². The minimum Gasteiger partial charge on any atom is -0.382 e. The van der Waals surface area contributed by atoms with E-state index in [-0.39, 0.29) is 0 Å². The van der Waals surface area contributed by atoms with Crippen molar-refractivity contribution in [2.45, 2.75) is 25.4 Å². The summed E-state index contributed by atoms with van der Waals surface area (Å²) in [4.78, 5) is 9.91. The molecule has 1 saturated heterocycles. The van der Waals surface area contributed by atoms with Gasteiger partial charge in [-0.3, -0.25) is 10.00 Å². The Labute approximate surface area is 222 Å². The van der Waals surface area contributed by atoms with Gasteiger partial charge in [0.15, 0.2) is 11.5 Å². The van der Waals surface area contributed by atoms with Crippen molar-refractivity contribution in [3.63, 3.8) is 0 Å². The van der Waals surface area contributed by atoms with Crippen LogP contribution in [0.1, 0.15) is 18.4 Å². The topological polar surface area (TPSA) is 86.1 Å². The first-order chi connectivity index (χ1) is 18.7. The molecule has 0 saturated carbocycles. The van der Waals surface area contributed by atoms with Crippen LogP contribution in [0.4, 0.5) is 17.2 Å². The van der Waals surface area contributed by atoms with Crippen molar-refractivity contribution >= 4 is 28.2 Å². The van der Waals surface area contributed by atoms with Crippen molar-refractivity contribution < 1.29 is 0 Å². The van der Waals surface area contributed by atoms with Crippen LogP contribution in [0.15, 0.2) is 84.9 Å². The van der Waals surface area contributed by atoms with E-state index in [1.54, 1.807) is 0 Å². The SMILES string of the molecule is Nc1n[nH]c2nc(-c3ccc(CN4CCC(N5[CH]Nc6ccccc65)CC4)cc3)c(-c3ccccc3)cc12. The molecule has 4 heterocycles. The monoisotopic (exact) mass is 500 g/mol. The smallest absolute Gasteiger partial charge is 0.158 e. The fraction of sp³-hybridized carbons (Fsp3) is 0.194. The molecule has 5 aromatic rings. The Balaban J connectivity index is 1.07. The third-order valence-corrected chi connectivity index (χ3v) is 7.79. The molecule has 7 nitrogen and oxygen atoms in total. The zero-order valence-electron chi connectivity index (χ0n) is 21.1. The maximum Gasteiger partial charge on any atom is 0.158 e. The van der Waals surface area contributed by atoms with Gasteiger partial charge >= 0.3 is 0 Å². The van der Waals surface area contributed by atoms with Crippen LogP contribution in [0.5, 0.6) is 0 Å². The molecule has 189 valence electrons. The van der Waals surface area contributed by atoms with E-state index in [4.69, 9.17) is 10.7 Å². The number of pyridine rings is 1. The van der Waals surface area contributed by atoms with E-state index in [1.807, 2.05) is 18.2 Å². The number of piperidine rings is 1. The molecular weight excluding hydrogens is 470 g/mol. The molecular formula is C31H30N7. The molecule has 0 amide bonds. The zero-order valence-corrected chi connectivity index (χ0v) is 21.1. The summed E-state index contributed by atoms with van der Waals surface area (Å²) in [7, 11) is 0. The van der Waals surface area contributed by atoms with Gasteiger partial charge in [-0.2, -0.15) is 5.10 Å². The average molecular weight is 501 g/mol. The lowest BCUT2D eigenvalue weighted by molar-refractivity contribution is 0.204. The summed E-state index contributed by atoms with van der Waals surface area (Å²) >= 11 is 0. The van der Waals surface area contributed by atoms with Gasteiger partial charge in [0.05, 0.1) is 22.5 Å². The van der Waals surface area contributed by atoms with E-state index >= 15 is 0 Å². The molecule has 0 bridgehead atoms. The number of para-hydroxylation sites is 2. The van der Waals surface area contributed by atoms with Gasteiger partial charge in [0.2, 0.25) is 0 Å². The number of benzene rings is 3. The number of rotatable bonds is 5. The van der Waals surface area contributed by atoms with E-state index in [9.17, 15) is 0 Å². The van der Waals surface area contributed by atoms with Gasteiger partial charge < -0.3 is 16.0 Å². The van der Waals surface area contributed by atoms with Crippen molar-refractivity contribution in [2.24, 2.45) is 0 Å². The van der Waals surface area contributed by atoms with Crippen molar-refractivity contribution in [1.29, 1.82) is 0 Å². The highest BCUT2D eigenvalue weighted by Crippen LogP contribution is 2.37. The lowest BCUT2D eigenvalue weighted by Crippen LogP contribution is -2.43. The first-order valence-corrected chi connectivity index (χ1v) is 13.2. The summed E-state index contributed by atoms with van der Waals surface area (Å²) < 4.78 is 0. The van der Waals surface area contributed by atoms with Gasteiger partial charge in [0.25, 0.3) is 0 Å². The van der Waals surface area contributed by atoms with Gasteiger partial charge in [-0.1, -0.05) is 66.7 Å². The van der Waals surface area contributed by atoms with Gasteiger partial charge in [0, 0.05) is 36.8 Å². The van der Waals surface area contributed by atoms with Crippen molar-refractivity contribution in [3.8, 4) is 22.4 Å². The van der Waals surface area contributed by atoms with Crippen molar-refractivity contribution in [3.05, 3.63) is 97.2 Å². The van der Waals surface area contributed by atoms with Crippen LogP contribution in [0.25, 0.3) is 33.4 Å². The number of hydrogen-bond acceptors (Lipinski definition) is 6. The van der Waals surface area contributed by atoms with Gasteiger partial charge in [-0.05, 0) is 42.2 Å². The molecule has 2 aliphatic rings. The molecule has 3 aromatic carbocycles. The van der Waals surface area contributed by atoms with Crippen molar-refractivity contribution in [2.75, 3.05) is 29.0 Å². The molecule has 0 unspecified atom stereocenters. The minimum absolute atomic E-state index is 0.471. The molecule has 2 aromatic heterocycles. The fourth-order valence-corrected chi connectivity index (χ4v) is 5.74. The standard InChI is InChI=1S/C31H30N7/c32-30-26-18-25(22-6-2-1-3-7-22)29(34-31(26)36-35-30)23-12-10-21(11-13-23)19-37-16-14-24(15-17-37)38-20-33-27-8-4-5-9-28(27)38/h1-13,18,20,24,33H,14-17,19H2,(H3,32,34,35,36). The molecule has 38 heavy (non-hydrogen) atoms. The number of nitrogens with two attached hydrogens (primary N) is 1. The Kier molecular flexibility index (Phi) is 5.70. The summed E-state index contributed by atoms with van der Waals surface area (Å²) in [6.07, 6.45) is 2.31. The molecule has 2 aliphatic heterocycles. The number of nitrogens with zero attached hydrogens (tertiary/aromatic N) is 4. The summed E-state index contributed by atoms with van der Waals surface area (Å²) in [6, 6.07) is 30.4. The summed E-state index contributed by atoms with van der Waals surface area (Å²) in [6.45, 7) is 5.28. The normalized spacial score (nSPS) is 16.1. The summed E-state index contributed by atoms with van der Waals surface area (Å²) in [5.74, 6) is 0.471. The quantitative estimate of drug-likeness (QED) is 0.279. The first-order valence-electron chi connectivity index (χ1n) is 13.2. The number of H-pyrrole nitrogens is 1. The number of aromatic amines is 1. The number of aromatic nitrogens is 3. The van der Waals surface area contributed by atoms with Crippen LogP contribution in [-0.2, 0) is 6.54 Å². The van der Waals surface area contributed by atoms with E-state index < -0.39 is 0 Å². The lowest BCUT2D eigenvalue weighted by Gasteiger charge is -2.37. The Morgan fingerprint density at radius 2 is 1.63 bits per heavy atom. The number of anilines is 3. The second-order valence-electron chi connectivity index (χ2n) is 10.2. The van der Waals surface area contributed by atoms with Gasteiger partial charge in [0.1, 0.15) is 6.67 Å². The molecule has 7 rings (SSSR count). The molecule has 0 atom stereocenters. The van der Waals surface area contributed by atoms with Crippen LogP contribution in [-0.4, -0.2) is 39.2 Å². The lowest BCUT2D eigenvalue weighted by atomic mass is 9.97. The predicted octanol–water partition coefficient (Wildman–Crippen LogP) is 5.89. The minimum atomic E-state index is 0.471. The number of likely N-dealkylation sites (tertiary alicyclic amines) is 1. The highest BCUT2D eigenvalue weighted by atomic mass is 15.3. The van der Waals surface area contributed by atoms with Crippen LogP contribution in [0, 0.1) is 6.67 Å². The number of fused-ring (bicyclic) bond motifs is 2. The van der Waals surface area contributed by atoms with Crippen LogP contribution in [0.3, 0.4) is 0 Å². The van der Waals surface area contributed by atoms with E-state index in [0.29, 0.717) is 17.5 Å². The number of hydrogen-bond donors (Lipinski definition) is 3. The molecule has 0 spiro atoms. The van der Waals surface area contributed by atoms with Crippen LogP contribution < -0.4 is 16.0 Å². The molecule has 0 aliphatic carbocycles. The Morgan fingerprint density at radius 3 is 2.45 bits per heavy atom. The van der Waals surface area contributed by atoms with E-state index in [1.165, 1.54) is 16.9 Å². The maximum atomic E-state index is 6.09. The molecule has 7 heteroatoms. The fourth-order valence-electron chi connectivity index (χ4n) is 5.74. The maximum absolute atomic E-state index is 6.09. The second-order valence-corrected chi connectivity index (χ2v) is 10.2. The van der Waals surface area contributed by atoms with Crippen LogP contribution in [0.2, 0.25) is 0 Å². The molecule has 4 N–H and O–H groups in total. The zero-order chi connectivity index (χ0) is 25.5. The number of nitrogens with one attached hydrogen (secondary N) is 2. The first kappa shape index (κ1) is 22.8. The summed E-state index contributed by atoms with van der Waals surface area (Å²) in [5.41, 5.74) is 14.8. The largest absolute Gasteiger partial charge is 0.382 e. The van der Waals surface area contributed by atoms with E-state index in [0.717, 1.165) is 60.2 Å². The third-order valence-electron chi connectivity index (χ3n) is 7.79.